The first-order chi connectivity index (χ1) is 11.2. The highest BCUT2D eigenvalue weighted by molar-refractivity contribution is 5.90. The molecule has 3 fully saturated rings. The molecule has 3 saturated heterocycles. The predicted octanol–water partition coefficient (Wildman–Crippen LogP) is 1.70. The lowest BCUT2D eigenvalue weighted by Crippen LogP contribution is -2.57. The number of halogens is 1. The third-order valence-electron chi connectivity index (χ3n) is 4.70. The summed E-state index contributed by atoms with van der Waals surface area (Å²) in [6.07, 6.45) is 4.94. The second-order valence-corrected chi connectivity index (χ2v) is 6.09. The Balaban J connectivity index is 1.48. The van der Waals surface area contributed by atoms with Crippen LogP contribution in [-0.4, -0.2) is 46.5 Å². The van der Waals surface area contributed by atoms with Crippen molar-refractivity contribution in [2.24, 2.45) is 5.92 Å². The number of oxazole rings is 1. The van der Waals surface area contributed by atoms with E-state index in [0.717, 1.165) is 32.5 Å². The van der Waals surface area contributed by atoms with Crippen LogP contribution in [0, 0.1) is 11.9 Å². The number of nitrogens with zero attached hydrogens (tertiary/aromatic N) is 3. The molecule has 0 radical (unpaired) electrons. The van der Waals surface area contributed by atoms with E-state index < -0.39 is 5.95 Å². The van der Waals surface area contributed by atoms with Gasteiger partial charge < -0.3 is 14.6 Å². The number of aromatic nitrogens is 2. The summed E-state index contributed by atoms with van der Waals surface area (Å²) in [5.41, 5.74) is 0.196. The van der Waals surface area contributed by atoms with E-state index in [-0.39, 0.29) is 29.2 Å². The normalized spacial score (nSPS) is 26.2. The van der Waals surface area contributed by atoms with Gasteiger partial charge in [-0.25, -0.2) is 9.97 Å². The zero-order chi connectivity index (χ0) is 15.8. The van der Waals surface area contributed by atoms with E-state index in [9.17, 15) is 9.18 Å². The maximum absolute atomic E-state index is 13.7. The van der Waals surface area contributed by atoms with Gasteiger partial charge in [-0.15, -0.1) is 0 Å². The van der Waals surface area contributed by atoms with Crippen molar-refractivity contribution in [2.75, 3.05) is 19.6 Å². The second-order valence-electron chi connectivity index (χ2n) is 6.09. The van der Waals surface area contributed by atoms with Gasteiger partial charge in [-0.05, 0) is 44.0 Å². The molecule has 7 heteroatoms. The molecule has 3 aliphatic heterocycles. The van der Waals surface area contributed by atoms with Crippen LogP contribution in [0.15, 0.2) is 28.9 Å². The van der Waals surface area contributed by atoms with Gasteiger partial charge >= 0.3 is 5.91 Å². The van der Waals surface area contributed by atoms with E-state index in [1.165, 1.54) is 18.5 Å². The summed E-state index contributed by atoms with van der Waals surface area (Å²) >= 11 is 0. The molecule has 23 heavy (non-hydrogen) atoms. The Hall–Kier alpha value is -2.28. The molecule has 6 nitrogen and oxygen atoms in total. The molecule has 0 aliphatic carbocycles. The number of hydrogen-bond donors (Lipinski definition) is 1. The Labute approximate surface area is 132 Å². The average Bonchev–Trinajstić information content (AvgIpc) is 3.06. The average molecular weight is 316 g/mol. The van der Waals surface area contributed by atoms with Gasteiger partial charge in [-0.2, -0.15) is 4.39 Å². The highest BCUT2D eigenvalue weighted by Gasteiger charge is 2.35. The quantitative estimate of drug-likeness (QED) is 0.873. The standard InChI is InChI=1S/C16H17FN4O2/c17-14-11(2-1-5-18-14)13-8-19-16(23-13)15(22)20-12-9-21-6-3-10(12)4-7-21/h1-2,5,8,10,12H,3-4,6-7,9H2,(H,20,22)/t12-/m0/s1. The molecule has 5 rings (SSSR count). The SMILES string of the molecule is O=C(N[C@H]1CN2CCC1CC2)c1ncc(-c2cccnc2F)o1. The molecule has 1 atom stereocenters. The first-order valence-corrected chi connectivity index (χ1v) is 7.80. The number of carbonyl (C=O) groups is 1. The van der Waals surface area contributed by atoms with Crippen molar-refractivity contribution in [1.29, 1.82) is 0 Å². The number of piperidine rings is 3. The third-order valence-corrected chi connectivity index (χ3v) is 4.70. The lowest BCUT2D eigenvalue weighted by atomic mass is 9.84. The molecule has 0 unspecified atom stereocenters. The van der Waals surface area contributed by atoms with Crippen LogP contribution < -0.4 is 5.32 Å². The maximum Gasteiger partial charge on any atom is 0.307 e. The summed E-state index contributed by atoms with van der Waals surface area (Å²) in [4.78, 5) is 22.2. The smallest absolute Gasteiger partial charge is 0.307 e. The van der Waals surface area contributed by atoms with Crippen LogP contribution >= 0.6 is 0 Å². The van der Waals surface area contributed by atoms with E-state index in [1.54, 1.807) is 6.07 Å². The van der Waals surface area contributed by atoms with Gasteiger partial charge in [0.2, 0.25) is 5.95 Å². The fourth-order valence-corrected chi connectivity index (χ4v) is 3.43. The fraction of sp³-hybridized carbons (Fsp3) is 0.438. The van der Waals surface area contributed by atoms with Gasteiger partial charge in [0.1, 0.15) is 0 Å². The number of nitrogens with one attached hydrogen (secondary N) is 1. The van der Waals surface area contributed by atoms with Crippen molar-refractivity contribution in [2.45, 2.75) is 18.9 Å². The molecule has 0 spiro atoms. The molecule has 5 heterocycles. The van der Waals surface area contributed by atoms with Gasteiger partial charge in [-0.3, -0.25) is 4.79 Å². The summed E-state index contributed by atoms with van der Waals surface area (Å²) in [5, 5.41) is 3.00. The minimum atomic E-state index is -0.645. The lowest BCUT2D eigenvalue weighted by molar-refractivity contribution is 0.0602. The zero-order valence-corrected chi connectivity index (χ0v) is 12.5. The van der Waals surface area contributed by atoms with Crippen LogP contribution in [0.4, 0.5) is 4.39 Å². The van der Waals surface area contributed by atoms with Crippen LogP contribution in [0.25, 0.3) is 11.3 Å². The molecule has 0 aromatic carbocycles. The van der Waals surface area contributed by atoms with Crippen molar-refractivity contribution < 1.29 is 13.6 Å². The number of amides is 1. The van der Waals surface area contributed by atoms with Gasteiger partial charge in [0.15, 0.2) is 5.76 Å². The summed E-state index contributed by atoms with van der Waals surface area (Å²) < 4.78 is 19.1. The maximum atomic E-state index is 13.7. The number of pyridine rings is 1. The van der Waals surface area contributed by atoms with Gasteiger partial charge in [0.05, 0.1) is 11.8 Å². The molecule has 2 bridgehead atoms. The molecule has 1 amide bonds. The highest BCUT2D eigenvalue weighted by Crippen LogP contribution is 2.28. The summed E-state index contributed by atoms with van der Waals surface area (Å²) in [5.74, 6) is -0.309. The zero-order valence-electron chi connectivity index (χ0n) is 12.5. The van der Waals surface area contributed by atoms with Crippen LogP contribution in [0.1, 0.15) is 23.5 Å². The fourth-order valence-electron chi connectivity index (χ4n) is 3.43. The van der Waals surface area contributed by atoms with Gasteiger partial charge in [0, 0.05) is 18.8 Å². The predicted molar refractivity (Wildman–Crippen MR) is 80.1 cm³/mol. The number of rotatable bonds is 3. The highest BCUT2D eigenvalue weighted by atomic mass is 19.1. The number of carbonyl (C=O) groups excluding carboxylic acids is 1. The van der Waals surface area contributed by atoms with Crippen LogP contribution in [0.5, 0.6) is 0 Å². The van der Waals surface area contributed by atoms with Crippen molar-refractivity contribution in [3.8, 4) is 11.3 Å². The van der Waals surface area contributed by atoms with E-state index in [1.807, 2.05) is 0 Å². The Kier molecular flexibility index (Phi) is 3.57. The third kappa shape index (κ3) is 2.72. The summed E-state index contributed by atoms with van der Waals surface area (Å²) in [6, 6.07) is 3.28. The number of fused-ring (bicyclic) bond motifs is 3. The van der Waals surface area contributed by atoms with E-state index in [0.29, 0.717) is 5.92 Å². The Morgan fingerprint density at radius 1 is 1.35 bits per heavy atom. The minimum Gasteiger partial charge on any atom is -0.432 e. The number of hydrogen-bond acceptors (Lipinski definition) is 5. The minimum absolute atomic E-state index is 0.0419. The molecule has 2 aromatic heterocycles. The first-order valence-electron chi connectivity index (χ1n) is 7.80. The molecule has 120 valence electrons. The van der Waals surface area contributed by atoms with Crippen molar-refractivity contribution >= 4 is 5.91 Å². The van der Waals surface area contributed by atoms with Crippen molar-refractivity contribution in [3.63, 3.8) is 0 Å². The van der Waals surface area contributed by atoms with E-state index >= 15 is 0 Å². The van der Waals surface area contributed by atoms with Crippen molar-refractivity contribution in [3.05, 3.63) is 36.4 Å². The van der Waals surface area contributed by atoms with E-state index in [4.69, 9.17) is 4.42 Å². The Bertz CT molecular complexity index is 724. The Morgan fingerprint density at radius 2 is 2.17 bits per heavy atom. The lowest BCUT2D eigenvalue weighted by Gasteiger charge is -2.44. The molecule has 2 aromatic rings. The molecule has 0 saturated carbocycles. The summed E-state index contributed by atoms with van der Waals surface area (Å²) in [7, 11) is 0. The van der Waals surface area contributed by atoms with Gasteiger partial charge in [-0.1, -0.05) is 0 Å². The van der Waals surface area contributed by atoms with Gasteiger partial charge in [0.25, 0.3) is 5.89 Å². The van der Waals surface area contributed by atoms with Crippen LogP contribution in [-0.2, 0) is 0 Å². The topological polar surface area (TPSA) is 71.3 Å². The monoisotopic (exact) mass is 316 g/mol. The largest absolute Gasteiger partial charge is 0.432 e. The van der Waals surface area contributed by atoms with Crippen LogP contribution in [0.3, 0.4) is 0 Å². The first kappa shape index (κ1) is 14.3. The molecule has 1 N–H and O–H groups in total. The molecule has 3 aliphatic rings. The van der Waals surface area contributed by atoms with E-state index in [2.05, 4.69) is 20.2 Å². The molecular formula is C16H17FN4O2. The van der Waals surface area contributed by atoms with Crippen LogP contribution in [0.2, 0.25) is 0 Å². The summed E-state index contributed by atoms with van der Waals surface area (Å²) in [6.45, 7) is 3.10. The second kappa shape index (κ2) is 5.73. The molecular weight excluding hydrogens is 299 g/mol. The van der Waals surface area contributed by atoms with Crippen molar-refractivity contribution in [1.82, 2.24) is 20.2 Å². The Morgan fingerprint density at radius 3 is 2.87 bits per heavy atom.